The SMILES string of the molecule is CCOCCCNCc1nc(C)no1. The highest BCUT2D eigenvalue weighted by Gasteiger charge is 2.00. The van der Waals surface area contributed by atoms with Crippen LogP contribution in [0.25, 0.3) is 0 Å². The van der Waals surface area contributed by atoms with Crippen molar-refractivity contribution in [2.24, 2.45) is 0 Å². The Morgan fingerprint density at radius 3 is 3.00 bits per heavy atom. The van der Waals surface area contributed by atoms with Crippen LogP contribution in [-0.2, 0) is 11.3 Å². The highest BCUT2D eigenvalue weighted by Crippen LogP contribution is 1.94. The van der Waals surface area contributed by atoms with Crippen LogP contribution >= 0.6 is 0 Å². The van der Waals surface area contributed by atoms with E-state index in [-0.39, 0.29) is 0 Å². The third kappa shape index (κ3) is 4.34. The molecule has 0 saturated heterocycles. The zero-order chi connectivity index (χ0) is 10.2. The molecular weight excluding hydrogens is 182 g/mol. The summed E-state index contributed by atoms with van der Waals surface area (Å²) in [6.45, 7) is 6.92. The van der Waals surface area contributed by atoms with E-state index in [0.29, 0.717) is 18.3 Å². The summed E-state index contributed by atoms with van der Waals surface area (Å²) in [6, 6.07) is 0. The molecule has 1 aromatic heterocycles. The molecule has 5 nitrogen and oxygen atoms in total. The van der Waals surface area contributed by atoms with Crippen molar-refractivity contribution in [3.63, 3.8) is 0 Å². The van der Waals surface area contributed by atoms with Gasteiger partial charge >= 0.3 is 0 Å². The number of aryl methyl sites for hydroxylation is 1. The van der Waals surface area contributed by atoms with E-state index >= 15 is 0 Å². The van der Waals surface area contributed by atoms with Gasteiger partial charge in [0.05, 0.1) is 6.54 Å². The van der Waals surface area contributed by atoms with Crippen molar-refractivity contribution in [1.82, 2.24) is 15.5 Å². The average Bonchev–Trinajstić information content (AvgIpc) is 2.58. The number of hydrogen-bond acceptors (Lipinski definition) is 5. The quantitative estimate of drug-likeness (QED) is 0.661. The highest BCUT2D eigenvalue weighted by atomic mass is 16.5. The molecule has 1 rings (SSSR count). The fourth-order valence-electron chi connectivity index (χ4n) is 1.05. The first-order valence-corrected chi connectivity index (χ1v) is 4.90. The molecule has 0 radical (unpaired) electrons. The molecule has 0 saturated carbocycles. The van der Waals surface area contributed by atoms with Crippen molar-refractivity contribution in [1.29, 1.82) is 0 Å². The maximum Gasteiger partial charge on any atom is 0.240 e. The van der Waals surface area contributed by atoms with Gasteiger partial charge in [0.15, 0.2) is 5.82 Å². The Labute approximate surface area is 83.8 Å². The summed E-state index contributed by atoms with van der Waals surface area (Å²) in [7, 11) is 0. The van der Waals surface area contributed by atoms with E-state index in [1.807, 2.05) is 13.8 Å². The second kappa shape index (κ2) is 6.50. The number of aromatic nitrogens is 2. The van der Waals surface area contributed by atoms with Crippen LogP contribution < -0.4 is 5.32 Å². The van der Waals surface area contributed by atoms with Crippen LogP contribution in [-0.4, -0.2) is 29.9 Å². The summed E-state index contributed by atoms with van der Waals surface area (Å²) < 4.78 is 10.1. The van der Waals surface area contributed by atoms with Gasteiger partial charge in [0.1, 0.15) is 0 Å². The summed E-state index contributed by atoms with van der Waals surface area (Å²) in [5, 5.41) is 6.89. The Bertz CT molecular complexity index is 250. The van der Waals surface area contributed by atoms with E-state index in [4.69, 9.17) is 9.26 Å². The predicted molar refractivity (Wildman–Crippen MR) is 51.9 cm³/mol. The van der Waals surface area contributed by atoms with Gasteiger partial charge in [-0.25, -0.2) is 0 Å². The lowest BCUT2D eigenvalue weighted by Gasteiger charge is -2.01. The molecule has 1 heterocycles. The van der Waals surface area contributed by atoms with Crippen LogP contribution in [0.3, 0.4) is 0 Å². The topological polar surface area (TPSA) is 60.2 Å². The van der Waals surface area contributed by atoms with Crippen molar-refractivity contribution in [2.75, 3.05) is 19.8 Å². The first kappa shape index (κ1) is 11.1. The maximum atomic E-state index is 5.20. The first-order chi connectivity index (χ1) is 6.83. The zero-order valence-electron chi connectivity index (χ0n) is 8.75. The Kier molecular flexibility index (Phi) is 5.17. The van der Waals surface area contributed by atoms with Gasteiger partial charge in [-0.05, 0) is 26.8 Å². The number of nitrogens with zero attached hydrogens (tertiary/aromatic N) is 2. The van der Waals surface area contributed by atoms with Crippen molar-refractivity contribution >= 4 is 0 Å². The van der Waals surface area contributed by atoms with E-state index in [0.717, 1.165) is 26.2 Å². The molecule has 0 aliphatic heterocycles. The van der Waals surface area contributed by atoms with Gasteiger partial charge in [-0.15, -0.1) is 0 Å². The second-order valence-electron chi connectivity index (χ2n) is 2.96. The molecule has 14 heavy (non-hydrogen) atoms. The van der Waals surface area contributed by atoms with Gasteiger partial charge in [0.25, 0.3) is 0 Å². The largest absolute Gasteiger partial charge is 0.382 e. The lowest BCUT2D eigenvalue weighted by Crippen LogP contribution is -2.16. The van der Waals surface area contributed by atoms with Crippen LogP contribution in [0.1, 0.15) is 25.1 Å². The molecule has 0 spiro atoms. The standard InChI is InChI=1S/C9H17N3O2/c1-3-13-6-4-5-10-7-9-11-8(2)12-14-9/h10H,3-7H2,1-2H3. The fraction of sp³-hybridized carbons (Fsp3) is 0.778. The predicted octanol–water partition coefficient (Wildman–Crippen LogP) is 0.894. The summed E-state index contributed by atoms with van der Waals surface area (Å²) in [5.74, 6) is 1.31. The summed E-state index contributed by atoms with van der Waals surface area (Å²) in [6.07, 6.45) is 1.00. The maximum absolute atomic E-state index is 5.20. The number of hydrogen-bond donors (Lipinski definition) is 1. The van der Waals surface area contributed by atoms with Crippen LogP contribution in [0.2, 0.25) is 0 Å². The number of ether oxygens (including phenoxy) is 1. The van der Waals surface area contributed by atoms with Crippen molar-refractivity contribution in [2.45, 2.75) is 26.8 Å². The van der Waals surface area contributed by atoms with Crippen molar-refractivity contribution < 1.29 is 9.26 Å². The normalized spacial score (nSPS) is 10.7. The molecule has 0 aliphatic rings. The molecule has 0 aromatic carbocycles. The van der Waals surface area contributed by atoms with E-state index in [2.05, 4.69) is 15.5 Å². The second-order valence-corrected chi connectivity index (χ2v) is 2.96. The van der Waals surface area contributed by atoms with E-state index in [1.54, 1.807) is 0 Å². The molecule has 0 unspecified atom stereocenters. The van der Waals surface area contributed by atoms with Gasteiger partial charge in [0, 0.05) is 13.2 Å². The first-order valence-electron chi connectivity index (χ1n) is 4.90. The lowest BCUT2D eigenvalue weighted by molar-refractivity contribution is 0.144. The third-order valence-electron chi connectivity index (χ3n) is 1.69. The van der Waals surface area contributed by atoms with E-state index in [1.165, 1.54) is 0 Å². The van der Waals surface area contributed by atoms with E-state index in [9.17, 15) is 0 Å². The van der Waals surface area contributed by atoms with Gasteiger partial charge < -0.3 is 14.6 Å². The van der Waals surface area contributed by atoms with Gasteiger partial charge in [0.2, 0.25) is 5.89 Å². The molecule has 80 valence electrons. The highest BCUT2D eigenvalue weighted by molar-refractivity contribution is 4.81. The number of rotatable bonds is 7. The molecule has 1 aromatic rings. The van der Waals surface area contributed by atoms with Crippen molar-refractivity contribution in [3.8, 4) is 0 Å². The minimum Gasteiger partial charge on any atom is -0.382 e. The average molecular weight is 199 g/mol. The summed E-state index contributed by atoms with van der Waals surface area (Å²) >= 11 is 0. The molecule has 1 N–H and O–H groups in total. The molecule has 0 aliphatic carbocycles. The van der Waals surface area contributed by atoms with Gasteiger partial charge in [-0.2, -0.15) is 4.98 Å². The fourth-order valence-corrected chi connectivity index (χ4v) is 1.05. The van der Waals surface area contributed by atoms with Crippen molar-refractivity contribution in [3.05, 3.63) is 11.7 Å². The molecule has 0 amide bonds. The van der Waals surface area contributed by atoms with Crippen LogP contribution in [0.15, 0.2) is 4.52 Å². The minimum atomic E-state index is 0.632. The van der Waals surface area contributed by atoms with Crippen LogP contribution in [0.4, 0.5) is 0 Å². The van der Waals surface area contributed by atoms with Gasteiger partial charge in [-0.1, -0.05) is 5.16 Å². The molecule has 0 fully saturated rings. The smallest absolute Gasteiger partial charge is 0.240 e. The monoisotopic (exact) mass is 199 g/mol. The third-order valence-corrected chi connectivity index (χ3v) is 1.69. The lowest BCUT2D eigenvalue weighted by atomic mass is 10.4. The number of nitrogens with one attached hydrogen (secondary N) is 1. The zero-order valence-corrected chi connectivity index (χ0v) is 8.75. The minimum absolute atomic E-state index is 0.632. The van der Waals surface area contributed by atoms with E-state index < -0.39 is 0 Å². The Balaban J connectivity index is 1.99. The Hall–Kier alpha value is -0.940. The Morgan fingerprint density at radius 1 is 1.50 bits per heavy atom. The molecule has 0 atom stereocenters. The molecule has 0 bridgehead atoms. The van der Waals surface area contributed by atoms with Crippen LogP contribution in [0.5, 0.6) is 0 Å². The summed E-state index contributed by atoms with van der Waals surface area (Å²) in [5.41, 5.74) is 0. The van der Waals surface area contributed by atoms with Crippen LogP contribution in [0, 0.1) is 6.92 Å². The molecular formula is C9H17N3O2. The molecule has 5 heteroatoms. The van der Waals surface area contributed by atoms with Gasteiger partial charge in [-0.3, -0.25) is 0 Å². The Morgan fingerprint density at radius 2 is 2.36 bits per heavy atom. The summed E-state index contributed by atoms with van der Waals surface area (Å²) in [4.78, 5) is 4.07.